The summed E-state index contributed by atoms with van der Waals surface area (Å²) in [5.41, 5.74) is 2.40. The summed E-state index contributed by atoms with van der Waals surface area (Å²) in [6.45, 7) is -0.349. The monoisotopic (exact) mass is 421 g/mol. The number of fused-ring (bicyclic) bond motifs is 3. The first kappa shape index (κ1) is 20.4. The van der Waals surface area contributed by atoms with Crippen molar-refractivity contribution < 1.29 is 27.9 Å². The molecular formula is C24H20FNO5. The number of hydrogen-bond donors (Lipinski definition) is 1. The molecule has 4 aromatic rings. The van der Waals surface area contributed by atoms with Crippen molar-refractivity contribution in [3.63, 3.8) is 0 Å². The molecule has 0 aliphatic rings. The van der Waals surface area contributed by atoms with Crippen LogP contribution in [-0.4, -0.2) is 31.6 Å². The van der Waals surface area contributed by atoms with Gasteiger partial charge in [0, 0.05) is 17.3 Å². The van der Waals surface area contributed by atoms with E-state index in [4.69, 9.17) is 13.9 Å². The topological polar surface area (TPSA) is 77.8 Å². The lowest BCUT2D eigenvalue weighted by atomic mass is 10.1. The minimum Gasteiger partial charge on any atom is -0.482 e. The van der Waals surface area contributed by atoms with Gasteiger partial charge in [0.05, 0.1) is 0 Å². The van der Waals surface area contributed by atoms with Crippen molar-refractivity contribution in [3.8, 4) is 5.75 Å². The van der Waals surface area contributed by atoms with Gasteiger partial charge in [-0.05, 0) is 48.4 Å². The van der Waals surface area contributed by atoms with E-state index in [0.29, 0.717) is 18.7 Å². The molecule has 0 unspecified atom stereocenters. The van der Waals surface area contributed by atoms with Crippen LogP contribution in [0.2, 0.25) is 0 Å². The number of hydrogen-bond acceptors (Lipinski definition) is 5. The summed E-state index contributed by atoms with van der Waals surface area (Å²) in [4.78, 5) is 23.7. The van der Waals surface area contributed by atoms with E-state index in [9.17, 15) is 14.0 Å². The molecule has 0 aliphatic heterocycles. The molecule has 1 amide bonds. The third-order valence-electron chi connectivity index (χ3n) is 4.72. The number of amides is 1. The Morgan fingerprint density at radius 1 is 0.903 bits per heavy atom. The molecule has 0 bridgehead atoms. The lowest BCUT2D eigenvalue weighted by Crippen LogP contribution is -2.31. The molecule has 0 radical (unpaired) electrons. The second-order valence-corrected chi connectivity index (χ2v) is 6.93. The van der Waals surface area contributed by atoms with Crippen molar-refractivity contribution in [1.82, 2.24) is 5.32 Å². The molecule has 6 nitrogen and oxygen atoms in total. The second-order valence-electron chi connectivity index (χ2n) is 6.93. The zero-order valence-corrected chi connectivity index (χ0v) is 16.6. The summed E-state index contributed by atoms with van der Waals surface area (Å²) in [6, 6.07) is 19.0. The average Bonchev–Trinajstić information content (AvgIpc) is 3.15. The number of para-hydroxylation sites is 1. The molecule has 0 spiro atoms. The van der Waals surface area contributed by atoms with Crippen LogP contribution >= 0.6 is 0 Å². The van der Waals surface area contributed by atoms with E-state index in [1.54, 1.807) is 30.3 Å². The summed E-state index contributed by atoms with van der Waals surface area (Å²) >= 11 is 0. The highest BCUT2D eigenvalue weighted by atomic mass is 19.1. The fraction of sp³-hybridized carbons (Fsp3) is 0.167. The Balaban J connectivity index is 1.21. The van der Waals surface area contributed by atoms with Crippen LogP contribution in [0.15, 0.2) is 71.1 Å². The fourth-order valence-electron chi connectivity index (χ4n) is 3.17. The van der Waals surface area contributed by atoms with Crippen molar-refractivity contribution >= 4 is 33.8 Å². The first-order valence-corrected chi connectivity index (χ1v) is 9.79. The third kappa shape index (κ3) is 5.19. The van der Waals surface area contributed by atoms with Crippen molar-refractivity contribution in [2.75, 3.05) is 19.8 Å². The quantitative estimate of drug-likeness (QED) is 0.435. The highest BCUT2D eigenvalue weighted by Gasteiger charge is 2.11. The van der Waals surface area contributed by atoms with Gasteiger partial charge in [-0.15, -0.1) is 0 Å². The molecule has 0 saturated heterocycles. The Bertz CT molecular complexity index is 1220. The van der Waals surface area contributed by atoms with Gasteiger partial charge in [0.2, 0.25) is 0 Å². The zero-order chi connectivity index (χ0) is 21.6. The molecule has 3 aromatic carbocycles. The van der Waals surface area contributed by atoms with Gasteiger partial charge in [-0.2, -0.15) is 0 Å². The highest BCUT2D eigenvalue weighted by molar-refractivity contribution is 6.05. The molecule has 0 atom stereocenters. The van der Waals surface area contributed by atoms with Crippen molar-refractivity contribution in [2.45, 2.75) is 6.42 Å². The number of benzene rings is 3. The van der Waals surface area contributed by atoms with Gasteiger partial charge in [0.15, 0.2) is 13.2 Å². The highest BCUT2D eigenvalue weighted by Crippen LogP contribution is 2.31. The molecule has 0 aliphatic carbocycles. The fourth-order valence-corrected chi connectivity index (χ4v) is 3.17. The van der Waals surface area contributed by atoms with Crippen LogP contribution in [0.1, 0.15) is 5.56 Å². The standard InChI is InChI=1S/C24H20FNO5/c25-17-7-5-16(6-8-17)11-12-26-23(27)14-30-24(28)15-29-18-9-10-22-20(13-18)19-3-1-2-4-21(19)31-22/h1-10,13H,11-12,14-15H2,(H,26,27). The minimum atomic E-state index is -0.647. The van der Waals surface area contributed by atoms with E-state index in [1.165, 1.54) is 12.1 Å². The van der Waals surface area contributed by atoms with Gasteiger partial charge in [-0.25, -0.2) is 9.18 Å². The first-order chi connectivity index (χ1) is 15.1. The molecule has 31 heavy (non-hydrogen) atoms. The van der Waals surface area contributed by atoms with Crippen molar-refractivity contribution in [3.05, 3.63) is 78.1 Å². The SMILES string of the molecule is O=C(COC(=O)COc1ccc2oc3ccccc3c2c1)NCCc1ccc(F)cc1. The Kier molecular flexibility index (Phi) is 6.12. The number of halogens is 1. The lowest BCUT2D eigenvalue weighted by Gasteiger charge is -2.08. The largest absolute Gasteiger partial charge is 0.482 e. The average molecular weight is 421 g/mol. The maximum absolute atomic E-state index is 12.9. The molecule has 4 rings (SSSR count). The Morgan fingerprint density at radius 3 is 2.52 bits per heavy atom. The predicted molar refractivity (Wildman–Crippen MR) is 113 cm³/mol. The maximum Gasteiger partial charge on any atom is 0.344 e. The molecule has 0 saturated carbocycles. The first-order valence-electron chi connectivity index (χ1n) is 9.79. The molecule has 1 heterocycles. The molecule has 158 valence electrons. The summed E-state index contributed by atoms with van der Waals surface area (Å²) in [6.07, 6.45) is 0.550. The third-order valence-corrected chi connectivity index (χ3v) is 4.72. The van der Waals surface area contributed by atoms with E-state index in [0.717, 1.165) is 27.5 Å². The molecule has 1 N–H and O–H groups in total. The van der Waals surface area contributed by atoms with Crippen LogP contribution in [0.25, 0.3) is 21.9 Å². The zero-order valence-electron chi connectivity index (χ0n) is 16.6. The molecular weight excluding hydrogens is 401 g/mol. The van der Waals surface area contributed by atoms with Crippen LogP contribution in [0.4, 0.5) is 4.39 Å². The van der Waals surface area contributed by atoms with Gasteiger partial charge in [-0.1, -0.05) is 30.3 Å². The van der Waals surface area contributed by atoms with Gasteiger partial charge in [0.25, 0.3) is 5.91 Å². The summed E-state index contributed by atoms with van der Waals surface area (Å²) in [7, 11) is 0. The summed E-state index contributed by atoms with van der Waals surface area (Å²) < 4.78 is 29.1. The summed E-state index contributed by atoms with van der Waals surface area (Å²) in [5, 5.41) is 4.50. The number of esters is 1. The summed E-state index contributed by atoms with van der Waals surface area (Å²) in [5.74, 6) is -0.868. The van der Waals surface area contributed by atoms with Gasteiger partial charge >= 0.3 is 5.97 Å². The lowest BCUT2D eigenvalue weighted by molar-refractivity contribution is -0.150. The number of furan rings is 1. The molecule has 7 heteroatoms. The number of nitrogens with one attached hydrogen (secondary N) is 1. The second kappa shape index (κ2) is 9.30. The Hall–Kier alpha value is -3.87. The number of rotatable bonds is 8. The van der Waals surface area contributed by atoms with E-state index < -0.39 is 18.5 Å². The van der Waals surface area contributed by atoms with E-state index >= 15 is 0 Å². The Morgan fingerprint density at radius 2 is 1.68 bits per heavy atom. The number of ether oxygens (including phenoxy) is 2. The van der Waals surface area contributed by atoms with Crippen molar-refractivity contribution in [2.24, 2.45) is 0 Å². The van der Waals surface area contributed by atoms with E-state index in [1.807, 2.05) is 24.3 Å². The van der Waals surface area contributed by atoms with E-state index in [2.05, 4.69) is 5.32 Å². The van der Waals surface area contributed by atoms with Gasteiger partial charge in [0.1, 0.15) is 22.7 Å². The maximum atomic E-state index is 12.9. The molecule has 1 aromatic heterocycles. The predicted octanol–water partition coefficient (Wildman–Crippen LogP) is 4.01. The van der Waals surface area contributed by atoms with Gasteiger partial charge < -0.3 is 19.2 Å². The normalized spacial score (nSPS) is 10.9. The van der Waals surface area contributed by atoms with Crippen LogP contribution in [0, 0.1) is 5.82 Å². The molecule has 0 fully saturated rings. The number of carbonyl (C=O) groups is 2. The smallest absolute Gasteiger partial charge is 0.344 e. The van der Waals surface area contributed by atoms with Crippen LogP contribution in [0.5, 0.6) is 5.75 Å². The van der Waals surface area contributed by atoms with Crippen LogP contribution in [0.3, 0.4) is 0 Å². The van der Waals surface area contributed by atoms with Gasteiger partial charge in [-0.3, -0.25) is 4.79 Å². The van der Waals surface area contributed by atoms with Crippen molar-refractivity contribution in [1.29, 1.82) is 0 Å². The van der Waals surface area contributed by atoms with Crippen LogP contribution in [-0.2, 0) is 20.7 Å². The van der Waals surface area contributed by atoms with Crippen LogP contribution < -0.4 is 10.1 Å². The minimum absolute atomic E-state index is 0.306. The Labute approximate surface area is 177 Å². The number of carbonyl (C=O) groups excluding carboxylic acids is 2. The van der Waals surface area contributed by atoms with E-state index in [-0.39, 0.29) is 12.4 Å².